The number of hydrogen-bond acceptors (Lipinski definition) is 4. The molecule has 0 heterocycles. The summed E-state index contributed by atoms with van der Waals surface area (Å²) in [6, 6.07) is 14.6. The molecule has 1 aliphatic rings. The molecule has 0 bridgehead atoms. The lowest BCUT2D eigenvalue weighted by Crippen LogP contribution is -2.38. The Morgan fingerprint density at radius 1 is 1.15 bits per heavy atom. The summed E-state index contributed by atoms with van der Waals surface area (Å²) in [7, 11) is 1.80. The molecular weight excluding hydrogens is 342 g/mol. The SMILES string of the molecule is CN(C(=O)c1ccc(NCc2ccccc2)c([N+](=O)[O-])c1)C1CCCCC1. The normalized spacial score (nSPS) is 14.6. The van der Waals surface area contributed by atoms with Crippen molar-refractivity contribution in [3.63, 3.8) is 0 Å². The number of carbonyl (C=O) groups is 1. The molecule has 0 radical (unpaired) electrons. The third-order valence-corrected chi connectivity index (χ3v) is 5.21. The second-order valence-corrected chi connectivity index (χ2v) is 7.04. The van der Waals surface area contributed by atoms with Crippen LogP contribution in [-0.2, 0) is 6.54 Å². The monoisotopic (exact) mass is 367 g/mol. The van der Waals surface area contributed by atoms with E-state index in [0.717, 1.165) is 31.2 Å². The van der Waals surface area contributed by atoms with Crippen LogP contribution in [0.5, 0.6) is 0 Å². The van der Waals surface area contributed by atoms with Gasteiger partial charge in [-0.3, -0.25) is 14.9 Å². The fourth-order valence-corrected chi connectivity index (χ4v) is 3.60. The quantitative estimate of drug-likeness (QED) is 0.597. The minimum atomic E-state index is -0.440. The van der Waals surface area contributed by atoms with E-state index in [4.69, 9.17) is 0 Å². The minimum absolute atomic E-state index is 0.0752. The van der Waals surface area contributed by atoms with E-state index in [-0.39, 0.29) is 17.6 Å². The van der Waals surface area contributed by atoms with Crippen molar-refractivity contribution in [3.05, 3.63) is 69.8 Å². The molecule has 2 aromatic rings. The van der Waals surface area contributed by atoms with Crippen molar-refractivity contribution in [1.82, 2.24) is 4.90 Å². The maximum Gasteiger partial charge on any atom is 0.293 e. The highest BCUT2D eigenvalue weighted by atomic mass is 16.6. The maximum absolute atomic E-state index is 12.8. The number of rotatable bonds is 6. The van der Waals surface area contributed by atoms with E-state index < -0.39 is 4.92 Å². The molecule has 0 aromatic heterocycles. The van der Waals surface area contributed by atoms with Crippen molar-refractivity contribution in [2.75, 3.05) is 12.4 Å². The molecule has 27 heavy (non-hydrogen) atoms. The number of benzene rings is 2. The average molecular weight is 367 g/mol. The Hall–Kier alpha value is -2.89. The third kappa shape index (κ3) is 4.64. The maximum atomic E-state index is 12.8. The molecular formula is C21H25N3O3. The summed E-state index contributed by atoms with van der Waals surface area (Å²) in [6.45, 7) is 0.483. The second-order valence-electron chi connectivity index (χ2n) is 7.04. The van der Waals surface area contributed by atoms with Gasteiger partial charge in [-0.15, -0.1) is 0 Å². The van der Waals surface area contributed by atoms with Gasteiger partial charge in [-0.05, 0) is 30.5 Å². The Bertz CT molecular complexity index is 802. The molecule has 0 spiro atoms. The summed E-state index contributed by atoms with van der Waals surface area (Å²) in [5.74, 6) is -0.153. The Labute approximate surface area is 159 Å². The van der Waals surface area contributed by atoms with Gasteiger partial charge < -0.3 is 10.2 Å². The van der Waals surface area contributed by atoms with Gasteiger partial charge in [0.15, 0.2) is 0 Å². The van der Waals surface area contributed by atoms with Crippen LogP contribution in [0.2, 0.25) is 0 Å². The summed E-state index contributed by atoms with van der Waals surface area (Å²) in [4.78, 5) is 25.6. The molecule has 1 N–H and O–H groups in total. The molecule has 6 nitrogen and oxygen atoms in total. The fraction of sp³-hybridized carbons (Fsp3) is 0.381. The van der Waals surface area contributed by atoms with Crippen LogP contribution in [0.4, 0.5) is 11.4 Å². The van der Waals surface area contributed by atoms with Crippen molar-refractivity contribution in [2.45, 2.75) is 44.7 Å². The first kappa shape index (κ1) is 18.9. The van der Waals surface area contributed by atoms with E-state index in [1.54, 1.807) is 24.1 Å². The Balaban J connectivity index is 1.76. The Kier molecular flexibility index (Phi) is 6.06. The van der Waals surface area contributed by atoms with E-state index in [9.17, 15) is 14.9 Å². The first-order valence-electron chi connectivity index (χ1n) is 9.39. The molecule has 0 aliphatic heterocycles. The summed E-state index contributed by atoms with van der Waals surface area (Å²) < 4.78 is 0. The van der Waals surface area contributed by atoms with Crippen LogP contribution in [0.1, 0.15) is 48.0 Å². The molecule has 142 valence electrons. The highest BCUT2D eigenvalue weighted by Crippen LogP contribution is 2.28. The number of anilines is 1. The van der Waals surface area contributed by atoms with Gasteiger partial charge in [0.25, 0.3) is 11.6 Å². The van der Waals surface area contributed by atoms with E-state index in [2.05, 4.69) is 5.32 Å². The van der Waals surface area contributed by atoms with Gasteiger partial charge in [0.1, 0.15) is 5.69 Å². The van der Waals surface area contributed by atoms with E-state index in [1.807, 2.05) is 30.3 Å². The molecule has 2 aromatic carbocycles. The lowest BCUT2D eigenvalue weighted by atomic mass is 9.94. The first-order chi connectivity index (χ1) is 13.1. The average Bonchev–Trinajstić information content (AvgIpc) is 2.72. The van der Waals surface area contributed by atoms with Crippen LogP contribution in [0.25, 0.3) is 0 Å². The van der Waals surface area contributed by atoms with Crippen LogP contribution in [0.15, 0.2) is 48.5 Å². The van der Waals surface area contributed by atoms with Gasteiger partial charge >= 0.3 is 0 Å². The summed E-state index contributed by atoms with van der Waals surface area (Å²) in [5.41, 5.74) is 1.73. The molecule has 0 saturated heterocycles. The van der Waals surface area contributed by atoms with E-state index in [0.29, 0.717) is 17.8 Å². The third-order valence-electron chi connectivity index (χ3n) is 5.21. The molecule has 1 amide bonds. The van der Waals surface area contributed by atoms with Gasteiger partial charge in [0.05, 0.1) is 4.92 Å². The number of carbonyl (C=O) groups excluding carboxylic acids is 1. The molecule has 1 fully saturated rings. The number of nitro groups is 1. The zero-order valence-corrected chi connectivity index (χ0v) is 15.6. The van der Waals surface area contributed by atoms with Crippen LogP contribution in [-0.4, -0.2) is 28.8 Å². The smallest absolute Gasteiger partial charge is 0.293 e. The lowest BCUT2D eigenvalue weighted by Gasteiger charge is -2.31. The Morgan fingerprint density at radius 2 is 1.85 bits per heavy atom. The second kappa shape index (κ2) is 8.66. The number of hydrogen-bond donors (Lipinski definition) is 1. The zero-order chi connectivity index (χ0) is 19.2. The van der Waals surface area contributed by atoms with Gasteiger partial charge in [0.2, 0.25) is 0 Å². The zero-order valence-electron chi connectivity index (χ0n) is 15.6. The highest BCUT2D eigenvalue weighted by molar-refractivity contribution is 5.95. The van der Waals surface area contributed by atoms with E-state index in [1.165, 1.54) is 12.5 Å². The minimum Gasteiger partial charge on any atom is -0.375 e. The van der Waals surface area contributed by atoms with Crippen LogP contribution in [0.3, 0.4) is 0 Å². The molecule has 0 unspecified atom stereocenters. The largest absolute Gasteiger partial charge is 0.375 e. The molecule has 1 aliphatic carbocycles. The summed E-state index contributed by atoms with van der Waals surface area (Å²) >= 11 is 0. The van der Waals surface area contributed by atoms with Gasteiger partial charge in [0, 0.05) is 31.3 Å². The predicted molar refractivity (Wildman–Crippen MR) is 106 cm³/mol. The predicted octanol–water partition coefficient (Wildman–Crippen LogP) is 4.61. The summed E-state index contributed by atoms with van der Waals surface area (Å²) in [6.07, 6.45) is 5.48. The fourth-order valence-electron chi connectivity index (χ4n) is 3.60. The first-order valence-corrected chi connectivity index (χ1v) is 9.39. The lowest BCUT2D eigenvalue weighted by molar-refractivity contribution is -0.384. The number of amides is 1. The summed E-state index contributed by atoms with van der Waals surface area (Å²) in [5, 5.41) is 14.6. The van der Waals surface area contributed by atoms with Crippen molar-refractivity contribution >= 4 is 17.3 Å². The number of nitrogens with one attached hydrogen (secondary N) is 1. The van der Waals surface area contributed by atoms with Gasteiger partial charge in [-0.1, -0.05) is 49.6 Å². The molecule has 1 saturated carbocycles. The number of nitro benzene ring substituents is 1. The van der Waals surface area contributed by atoms with E-state index >= 15 is 0 Å². The van der Waals surface area contributed by atoms with Crippen molar-refractivity contribution in [1.29, 1.82) is 0 Å². The van der Waals surface area contributed by atoms with Crippen molar-refractivity contribution in [3.8, 4) is 0 Å². The van der Waals surface area contributed by atoms with Gasteiger partial charge in [-0.2, -0.15) is 0 Å². The van der Waals surface area contributed by atoms with Crippen LogP contribution in [0, 0.1) is 10.1 Å². The molecule has 6 heteroatoms. The number of nitrogens with zero attached hydrogens (tertiary/aromatic N) is 2. The topological polar surface area (TPSA) is 75.5 Å². The van der Waals surface area contributed by atoms with Crippen LogP contribution >= 0.6 is 0 Å². The van der Waals surface area contributed by atoms with Gasteiger partial charge in [-0.25, -0.2) is 0 Å². The van der Waals surface area contributed by atoms with Crippen LogP contribution < -0.4 is 5.32 Å². The standard InChI is InChI=1S/C21H25N3O3/c1-23(18-10-6-3-7-11-18)21(25)17-12-13-19(20(14-17)24(26)27)22-15-16-8-4-2-5-9-16/h2,4-5,8-9,12-14,18,22H,3,6-7,10-11,15H2,1H3. The molecule has 3 rings (SSSR count). The Morgan fingerprint density at radius 3 is 2.52 bits per heavy atom. The highest BCUT2D eigenvalue weighted by Gasteiger charge is 2.25. The van der Waals surface area contributed by atoms with Crippen molar-refractivity contribution < 1.29 is 9.72 Å². The van der Waals surface area contributed by atoms with Crippen molar-refractivity contribution in [2.24, 2.45) is 0 Å². The molecule has 0 atom stereocenters.